The van der Waals surface area contributed by atoms with E-state index < -0.39 is 5.82 Å². The second-order valence-electron chi connectivity index (χ2n) is 3.17. The number of pyridine rings is 1. The van der Waals surface area contributed by atoms with E-state index in [9.17, 15) is 9.18 Å². The topological polar surface area (TPSA) is 42.0 Å². The number of nitrogens with one attached hydrogen (secondary N) is 1. The first-order chi connectivity index (χ1) is 6.63. The van der Waals surface area contributed by atoms with Crippen LogP contribution in [0, 0.1) is 5.82 Å². The van der Waals surface area contributed by atoms with E-state index in [0.29, 0.717) is 0 Å². The van der Waals surface area contributed by atoms with Crippen molar-refractivity contribution in [2.24, 2.45) is 0 Å². The number of hydrogen-bond acceptors (Lipinski definition) is 2. The molecule has 1 unspecified atom stereocenters. The normalized spacial score (nSPS) is 12.2. The van der Waals surface area contributed by atoms with Crippen molar-refractivity contribution in [1.29, 1.82) is 0 Å². The predicted octanol–water partition coefficient (Wildman–Crippen LogP) is 1.75. The summed E-state index contributed by atoms with van der Waals surface area (Å²) in [5.74, 6) is -0.784. The van der Waals surface area contributed by atoms with Gasteiger partial charge >= 0.3 is 0 Å². The predicted molar refractivity (Wildman–Crippen MR) is 51.4 cm³/mol. The first-order valence-corrected chi connectivity index (χ1v) is 4.55. The van der Waals surface area contributed by atoms with Crippen LogP contribution >= 0.6 is 0 Å². The van der Waals surface area contributed by atoms with E-state index in [2.05, 4.69) is 10.3 Å². The highest BCUT2D eigenvalue weighted by atomic mass is 19.1. The molecule has 0 spiro atoms. The smallest absolute Gasteiger partial charge is 0.253 e. The molecule has 0 bridgehead atoms. The van der Waals surface area contributed by atoms with E-state index in [4.69, 9.17) is 0 Å². The fourth-order valence-corrected chi connectivity index (χ4v) is 0.945. The maximum Gasteiger partial charge on any atom is 0.253 e. The lowest BCUT2D eigenvalue weighted by molar-refractivity contribution is 0.0938. The third-order valence-corrected chi connectivity index (χ3v) is 1.96. The zero-order valence-corrected chi connectivity index (χ0v) is 8.25. The van der Waals surface area contributed by atoms with Crippen molar-refractivity contribution in [2.45, 2.75) is 26.3 Å². The van der Waals surface area contributed by atoms with Gasteiger partial charge < -0.3 is 5.32 Å². The highest BCUT2D eigenvalue weighted by Crippen LogP contribution is 2.01. The minimum atomic E-state index is -0.498. The van der Waals surface area contributed by atoms with Crippen molar-refractivity contribution >= 4 is 5.91 Å². The fourth-order valence-electron chi connectivity index (χ4n) is 0.945. The van der Waals surface area contributed by atoms with Crippen molar-refractivity contribution < 1.29 is 9.18 Å². The molecule has 1 N–H and O–H groups in total. The van der Waals surface area contributed by atoms with Crippen LogP contribution in [0.15, 0.2) is 18.5 Å². The summed E-state index contributed by atoms with van der Waals surface area (Å²) in [6.45, 7) is 3.86. The summed E-state index contributed by atoms with van der Waals surface area (Å²) >= 11 is 0. The van der Waals surface area contributed by atoms with Gasteiger partial charge in [0.2, 0.25) is 0 Å². The average molecular weight is 196 g/mol. The second kappa shape index (κ2) is 4.69. The van der Waals surface area contributed by atoms with Crippen LogP contribution in [-0.4, -0.2) is 16.9 Å². The van der Waals surface area contributed by atoms with E-state index in [1.165, 1.54) is 12.3 Å². The Morgan fingerprint density at radius 1 is 1.64 bits per heavy atom. The summed E-state index contributed by atoms with van der Waals surface area (Å²) in [7, 11) is 0. The molecule has 3 nitrogen and oxygen atoms in total. The van der Waals surface area contributed by atoms with Crippen LogP contribution in [0.25, 0.3) is 0 Å². The quantitative estimate of drug-likeness (QED) is 0.800. The summed E-state index contributed by atoms with van der Waals surface area (Å²) in [5, 5.41) is 2.73. The van der Waals surface area contributed by atoms with Gasteiger partial charge in [0.25, 0.3) is 5.91 Å². The van der Waals surface area contributed by atoms with E-state index in [1.807, 2.05) is 13.8 Å². The van der Waals surface area contributed by atoms with Crippen LogP contribution in [0.4, 0.5) is 4.39 Å². The lowest BCUT2D eigenvalue weighted by atomic mass is 10.2. The summed E-state index contributed by atoms with van der Waals surface area (Å²) in [4.78, 5) is 15.1. The second-order valence-corrected chi connectivity index (χ2v) is 3.17. The van der Waals surface area contributed by atoms with Gasteiger partial charge in [0, 0.05) is 12.2 Å². The minimum absolute atomic E-state index is 0.0887. The third kappa shape index (κ3) is 2.80. The number of carbonyl (C=O) groups is 1. The van der Waals surface area contributed by atoms with Crippen molar-refractivity contribution in [3.63, 3.8) is 0 Å². The Kier molecular flexibility index (Phi) is 3.56. The van der Waals surface area contributed by atoms with Crippen LogP contribution in [-0.2, 0) is 0 Å². The number of amides is 1. The Hall–Kier alpha value is -1.45. The molecule has 1 rings (SSSR count). The molecule has 0 fully saturated rings. The Morgan fingerprint density at radius 2 is 2.36 bits per heavy atom. The third-order valence-electron chi connectivity index (χ3n) is 1.96. The van der Waals surface area contributed by atoms with Crippen LogP contribution in [0.1, 0.15) is 30.6 Å². The first-order valence-electron chi connectivity index (χ1n) is 4.55. The van der Waals surface area contributed by atoms with Gasteiger partial charge in [-0.3, -0.25) is 9.78 Å². The average Bonchev–Trinajstić information content (AvgIpc) is 2.17. The van der Waals surface area contributed by atoms with Crippen LogP contribution in [0.5, 0.6) is 0 Å². The molecule has 0 aliphatic carbocycles. The first kappa shape index (κ1) is 10.6. The summed E-state index contributed by atoms with van der Waals surface area (Å²) in [6.07, 6.45) is 3.26. The number of hydrogen-bond donors (Lipinski definition) is 1. The summed E-state index contributed by atoms with van der Waals surface area (Å²) in [6, 6.07) is 1.26. The van der Waals surface area contributed by atoms with Gasteiger partial charge in [-0.1, -0.05) is 6.92 Å². The molecule has 0 aromatic carbocycles. The SMILES string of the molecule is CCC(C)NC(=O)c1cncc(F)c1. The summed E-state index contributed by atoms with van der Waals surface area (Å²) in [5.41, 5.74) is 0.255. The number of nitrogens with zero attached hydrogens (tertiary/aromatic N) is 1. The van der Waals surface area contributed by atoms with E-state index in [-0.39, 0.29) is 17.5 Å². The molecule has 1 amide bonds. The Balaban J connectivity index is 2.70. The molecule has 0 saturated heterocycles. The maximum atomic E-state index is 12.7. The molecule has 76 valence electrons. The Labute approximate surface area is 82.4 Å². The van der Waals surface area contributed by atoms with Gasteiger partial charge in [-0.05, 0) is 19.4 Å². The molecule has 0 saturated carbocycles. The van der Waals surface area contributed by atoms with Crippen LogP contribution in [0.3, 0.4) is 0 Å². The Bertz CT molecular complexity index is 328. The van der Waals surface area contributed by atoms with Gasteiger partial charge in [0.15, 0.2) is 0 Å². The maximum absolute atomic E-state index is 12.7. The highest BCUT2D eigenvalue weighted by molar-refractivity contribution is 5.93. The molecule has 0 aliphatic rings. The molecule has 4 heteroatoms. The molecule has 0 radical (unpaired) electrons. The lowest BCUT2D eigenvalue weighted by Crippen LogP contribution is -2.32. The molecule has 1 atom stereocenters. The van der Waals surface area contributed by atoms with E-state index in [1.54, 1.807) is 0 Å². The van der Waals surface area contributed by atoms with Crippen molar-refractivity contribution in [2.75, 3.05) is 0 Å². The number of aromatic nitrogens is 1. The van der Waals surface area contributed by atoms with Gasteiger partial charge in [-0.15, -0.1) is 0 Å². The standard InChI is InChI=1S/C10H13FN2O/c1-3-7(2)13-10(14)8-4-9(11)6-12-5-8/h4-7H,3H2,1-2H3,(H,13,14). The number of rotatable bonds is 3. The Morgan fingerprint density at radius 3 is 2.93 bits per heavy atom. The van der Waals surface area contributed by atoms with Gasteiger partial charge in [-0.25, -0.2) is 4.39 Å². The number of carbonyl (C=O) groups excluding carboxylic acids is 1. The molecule has 0 aliphatic heterocycles. The monoisotopic (exact) mass is 196 g/mol. The molecule has 14 heavy (non-hydrogen) atoms. The number of halogens is 1. The van der Waals surface area contributed by atoms with Crippen molar-refractivity contribution in [3.05, 3.63) is 29.8 Å². The van der Waals surface area contributed by atoms with Crippen LogP contribution < -0.4 is 5.32 Å². The van der Waals surface area contributed by atoms with Gasteiger partial charge in [-0.2, -0.15) is 0 Å². The lowest BCUT2D eigenvalue weighted by Gasteiger charge is -2.10. The van der Waals surface area contributed by atoms with Crippen molar-refractivity contribution in [1.82, 2.24) is 10.3 Å². The fraction of sp³-hybridized carbons (Fsp3) is 0.400. The summed E-state index contributed by atoms with van der Waals surface area (Å²) < 4.78 is 12.7. The van der Waals surface area contributed by atoms with E-state index >= 15 is 0 Å². The van der Waals surface area contributed by atoms with E-state index in [0.717, 1.165) is 12.6 Å². The molecular weight excluding hydrogens is 183 g/mol. The molecule has 1 aromatic heterocycles. The highest BCUT2D eigenvalue weighted by Gasteiger charge is 2.08. The molecular formula is C10H13FN2O. The minimum Gasteiger partial charge on any atom is -0.350 e. The zero-order valence-electron chi connectivity index (χ0n) is 8.25. The van der Waals surface area contributed by atoms with Crippen LogP contribution in [0.2, 0.25) is 0 Å². The van der Waals surface area contributed by atoms with Gasteiger partial charge in [0.05, 0.1) is 11.8 Å². The molecule has 1 heterocycles. The zero-order chi connectivity index (χ0) is 10.6. The van der Waals surface area contributed by atoms with Gasteiger partial charge in [0.1, 0.15) is 5.82 Å². The van der Waals surface area contributed by atoms with Crippen molar-refractivity contribution in [3.8, 4) is 0 Å². The molecule has 1 aromatic rings. The largest absolute Gasteiger partial charge is 0.350 e.